The van der Waals surface area contributed by atoms with Gasteiger partial charge >= 0.3 is 0 Å². The zero-order valence-electron chi connectivity index (χ0n) is 27.9. The minimum absolute atomic E-state index is 0. The molecule has 0 fully saturated rings. The first kappa shape index (κ1) is 35.0. The molecule has 3 nitrogen and oxygen atoms in total. The number of benzene rings is 4. The fourth-order valence-corrected chi connectivity index (χ4v) is 7.86. The summed E-state index contributed by atoms with van der Waals surface area (Å²) >= 11 is 1.95. The summed E-state index contributed by atoms with van der Waals surface area (Å²) in [4.78, 5) is 18.0. The van der Waals surface area contributed by atoms with Crippen molar-refractivity contribution in [2.24, 2.45) is 17.3 Å². The third kappa shape index (κ3) is 6.97. The Bertz CT molecular complexity index is 1970. The average molecular weight is 797 g/mol. The molecule has 0 aliphatic carbocycles. The van der Waals surface area contributed by atoms with Crippen molar-refractivity contribution in [1.29, 1.82) is 0 Å². The van der Waals surface area contributed by atoms with Crippen LogP contribution in [-0.2, 0) is 31.3 Å². The zero-order valence-corrected chi connectivity index (χ0v) is 31.1. The van der Waals surface area contributed by atoms with E-state index in [1.165, 1.54) is 53.5 Å². The second-order valence-electron chi connectivity index (χ2n) is 13.4. The molecule has 0 atom stereocenters. The molecule has 6 rings (SSSR count). The van der Waals surface area contributed by atoms with Crippen molar-refractivity contribution in [3.05, 3.63) is 77.0 Å². The predicted octanol–water partition coefficient (Wildman–Crippen LogP) is 11.9. The molecule has 2 aromatic heterocycles. The number of allylic oxidation sites excluding steroid dienone is 2. The summed E-state index contributed by atoms with van der Waals surface area (Å²) in [6.45, 7) is 17.3. The van der Waals surface area contributed by atoms with Gasteiger partial charge in [-0.2, -0.15) is 0 Å². The van der Waals surface area contributed by atoms with E-state index >= 15 is 0 Å². The molecular formula is C40H46IrNO2S-. The van der Waals surface area contributed by atoms with Gasteiger partial charge < -0.3 is 5.11 Å². The standard InChI is InChI=1S/C27H22NS.C13H24O2.Ir/c1-15-22-20-12-16-7-5-6-8-17(16)13-21(20)25-23-18(9-10-28-25)11-19(14-27(2,3)4)26(29-15)24(22)23;1-5-10(6-2)12(14)9-13(15)11(7-3)8-4;/h5-12H,14H2,1-4H3;9-11,14H,5-8H2,1-4H3;/q-1;;/b;12-9-;. The van der Waals surface area contributed by atoms with Gasteiger partial charge in [0.2, 0.25) is 0 Å². The van der Waals surface area contributed by atoms with Crippen molar-refractivity contribution in [1.82, 2.24) is 4.98 Å². The van der Waals surface area contributed by atoms with Crippen molar-refractivity contribution in [3.63, 3.8) is 0 Å². The second-order valence-corrected chi connectivity index (χ2v) is 14.6. The van der Waals surface area contributed by atoms with Gasteiger partial charge in [0.15, 0.2) is 5.78 Å². The number of ketones is 1. The molecule has 5 heteroatoms. The number of pyridine rings is 1. The summed E-state index contributed by atoms with van der Waals surface area (Å²) in [6.07, 6.45) is 7.94. The minimum Gasteiger partial charge on any atom is -0.512 e. The van der Waals surface area contributed by atoms with Gasteiger partial charge in [-0.3, -0.25) is 9.78 Å². The smallest absolute Gasteiger partial charge is 0.162 e. The van der Waals surface area contributed by atoms with Gasteiger partial charge in [-0.1, -0.05) is 88.9 Å². The van der Waals surface area contributed by atoms with Gasteiger partial charge in [0.25, 0.3) is 0 Å². The van der Waals surface area contributed by atoms with E-state index in [2.05, 4.69) is 76.2 Å². The summed E-state index contributed by atoms with van der Waals surface area (Å²) in [5.41, 5.74) is 2.80. The molecule has 0 aliphatic rings. The van der Waals surface area contributed by atoms with Crippen LogP contribution in [0.5, 0.6) is 0 Å². The van der Waals surface area contributed by atoms with Gasteiger partial charge in [-0.05, 0) is 77.6 Å². The van der Waals surface area contributed by atoms with E-state index in [1.54, 1.807) is 0 Å². The molecule has 0 saturated heterocycles. The fourth-order valence-electron chi connectivity index (χ4n) is 6.67. The molecule has 0 aliphatic heterocycles. The SMILES string of the molecule is CCC(CC)C(=O)/C=C(\O)C(CC)CC.Cc1sc2c(CC(C)(C)C)cc3ccnc4c5[c-]c6ccccc6cc5c1c2c34.[Ir]. The van der Waals surface area contributed by atoms with Crippen LogP contribution in [0.15, 0.2) is 60.5 Å². The molecule has 0 saturated carbocycles. The van der Waals surface area contributed by atoms with Crippen LogP contribution in [0.4, 0.5) is 0 Å². The summed E-state index contributed by atoms with van der Waals surface area (Å²) < 4.78 is 1.44. The number of thiophene rings is 1. The third-order valence-electron chi connectivity index (χ3n) is 9.04. The fraction of sp³-hybridized carbons (Fsp3) is 0.400. The van der Waals surface area contributed by atoms with Crippen LogP contribution in [0.25, 0.3) is 53.3 Å². The number of aliphatic hydroxyl groups excluding tert-OH is 1. The number of carbonyl (C=O) groups excluding carboxylic acids is 1. The number of carbonyl (C=O) groups is 1. The number of nitrogens with zero attached hydrogens (tertiary/aromatic N) is 1. The molecule has 2 heterocycles. The molecule has 6 aromatic rings. The molecule has 0 spiro atoms. The summed E-state index contributed by atoms with van der Waals surface area (Å²) in [7, 11) is 0. The van der Waals surface area contributed by atoms with Crippen LogP contribution < -0.4 is 0 Å². The van der Waals surface area contributed by atoms with E-state index < -0.39 is 0 Å². The Labute approximate surface area is 285 Å². The Morgan fingerprint density at radius 2 is 1.60 bits per heavy atom. The molecule has 45 heavy (non-hydrogen) atoms. The van der Waals surface area contributed by atoms with Crippen molar-refractivity contribution in [2.45, 2.75) is 87.5 Å². The van der Waals surface area contributed by atoms with Gasteiger partial charge in [-0.25, -0.2) is 0 Å². The quantitative estimate of drug-likeness (QED) is 0.0549. The average Bonchev–Trinajstić information content (AvgIpc) is 3.34. The topological polar surface area (TPSA) is 50.2 Å². The van der Waals surface area contributed by atoms with Crippen LogP contribution in [0.3, 0.4) is 0 Å². The Kier molecular flexibility index (Phi) is 11.1. The molecule has 239 valence electrons. The van der Waals surface area contributed by atoms with Crippen molar-refractivity contribution < 1.29 is 30.0 Å². The van der Waals surface area contributed by atoms with E-state index in [0.717, 1.165) is 48.4 Å². The number of hydrogen-bond donors (Lipinski definition) is 1. The van der Waals surface area contributed by atoms with Gasteiger partial charge in [0.1, 0.15) is 0 Å². The number of aliphatic hydroxyl groups is 1. The Morgan fingerprint density at radius 3 is 2.24 bits per heavy atom. The number of aryl methyl sites for hydroxylation is 1. The summed E-state index contributed by atoms with van der Waals surface area (Å²) in [5.74, 6) is 0.547. The Hall–Kier alpha value is -2.85. The Morgan fingerprint density at radius 1 is 0.933 bits per heavy atom. The van der Waals surface area contributed by atoms with E-state index in [0.29, 0.717) is 0 Å². The maximum absolute atomic E-state index is 11.7. The van der Waals surface area contributed by atoms with Crippen LogP contribution in [0.2, 0.25) is 0 Å². The molecule has 1 radical (unpaired) electrons. The molecule has 1 N–H and O–H groups in total. The number of hydrogen-bond acceptors (Lipinski definition) is 4. The molecule has 4 aromatic carbocycles. The van der Waals surface area contributed by atoms with E-state index in [4.69, 9.17) is 4.98 Å². The van der Waals surface area contributed by atoms with Crippen LogP contribution in [0.1, 0.15) is 84.6 Å². The number of fused-ring (bicyclic) bond motifs is 4. The summed E-state index contributed by atoms with van der Waals surface area (Å²) in [5, 5.41) is 20.0. The third-order valence-corrected chi connectivity index (χ3v) is 10.2. The van der Waals surface area contributed by atoms with E-state index in [1.807, 2.05) is 45.2 Å². The van der Waals surface area contributed by atoms with Crippen molar-refractivity contribution in [2.75, 3.05) is 0 Å². The minimum atomic E-state index is 0. The van der Waals surface area contributed by atoms with Crippen molar-refractivity contribution in [3.8, 4) is 0 Å². The second kappa shape index (κ2) is 14.3. The molecule has 0 unspecified atom stereocenters. The first-order valence-electron chi connectivity index (χ1n) is 16.2. The first-order valence-corrected chi connectivity index (χ1v) is 17.1. The summed E-state index contributed by atoms with van der Waals surface area (Å²) in [6, 6.07) is 19.1. The molecular weight excluding hydrogens is 751 g/mol. The van der Waals surface area contributed by atoms with Crippen LogP contribution >= 0.6 is 11.3 Å². The Balaban J connectivity index is 0.000000249. The van der Waals surface area contributed by atoms with Crippen LogP contribution in [0, 0.1) is 30.2 Å². The van der Waals surface area contributed by atoms with Gasteiger partial charge in [-0.15, -0.1) is 34.9 Å². The van der Waals surface area contributed by atoms with Crippen LogP contribution in [-0.4, -0.2) is 15.9 Å². The van der Waals surface area contributed by atoms with Gasteiger partial charge in [0.05, 0.1) is 5.76 Å². The predicted molar refractivity (Wildman–Crippen MR) is 191 cm³/mol. The number of rotatable bonds is 8. The van der Waals surface area contributed by atoms with E-state index in [-0.39, 0.29) is 48.9 Å². The number of aromatic nitrogens is 1. The normalized spacial score (nSPS) is 12.5. The maximum atomic E-state index is 11.7. The molecule has 0 bridgehead atoms. The monoisotopic (exact) mass is 797 g/mol. The van der Waals surface area contributed by atoms with Gasteiger partial charge in [0, 0.05) is 59.3 Å². The first-order chi connectivity index (χ1) is 21.0. The van der Waals surface area contributed by atoms with Crippen molar-refractivity contribution >= 4 is 70.4 Å². The maximum Gasteiger partial charge on any atom is 0.162 e. The largest absolute Gasteiger partial charge is 0.512 e. The zero-order chi connectivity index (χ0) is 31.8. The van der Waals surface area contributed by atoms with E-state index in [9.17, 15) is 9.90 Å². The molecule has 0 amide bonds.